The van der Waals surface area contributed by atoms with Crippen LogP contribution in [0.1, 0.15) is 26.0 Å². The molecule has 1 aromatic heterocycles. The molecule has 1 unspecified atom stereocenters. The fourth-order valence-corrected chi connectivity index (χ4v) is 2.80. The molecule has 0 radical (unpaired) electrons. The molecule has 5 nitrogen and oxygen atoms in total. The number of nitro groups is 1. The van der Waals surface area contributed by atoms with Crippen LogP contribution in [0, 0.1) is 28.4 Å². The van der Waals surface area contributed by atoms with Crippen LogP contribution in [-0.2, 0) is 0 Å². The van der Waals surface area contributed by atoms with Crippen LogP contribution in [0.5, 0.6) is 0 Å². The largest absolute Gasteiger partial charge is 0.384 e. The molecule has 5 heteroatoms. The highest BCUT2D eigenvalue weighted by atomic mass is 16.6. The van der Waals surface area contributed by atoms with Gasteiger partial charge in [0.15, 0.2) is 0 Å². The number of fused-ring (bicyclic) bond motifs is 1. The van der Waals surface area contributed by atoms with E-state index < -0.39 is 0 Å². The van der Waals surface area contributed by atoms with Crippen LogP contribution in [0.4, 0.5) is 11.4 Å². The van der Waals surface area contributed by atoms with Gasteiger partial charge in [-0.1, -0.05) is 13.8 Å². The number of nitro benzene ring substituents is 1. The summed E-state index contributed by atoms with van der Waals surface area (Å²) >= 11 is 0. The van der Waals surface area contributed by atoms with Crippen molar-refractivity contribution in [3.05, 3.63) is 40.2 Å². The summed E-state index contributed by atoms with van der Waals surface area (Å²) in [5, 5.41) is 16.0. The highest BCUT2D eigenvalue weighted by molar-refractivity contribution is 5.99. The van der Waals surface area contributed by atoms with E-state index in [-0.39, 0.29) is 10.6 Å². The van der Waals surface area contributed by atoms with Crippen LogP contribution in [-0.4, -0.2) is 16.5 Å². The van der Waals surface area contributed by atoms with Gasteiger partial charge in [0, 0.05) is 35.6 Å². The Morgan fingerprint density at radius 3 is 2.76 bits per heavy atom. The third-order valence-electron chi connectivity index (χ3n) is 4.47. The third-order valence-corrected chi connectivity index (χ3v) is 4.47. The average Bonchev–Trinajstić information content (AvgIpc) is 3.03. The predicted molar refractivity (Wildman–Crippen MR) is 83.5 cm³/mol. The topological polar surface area (TPSA) is 68.1 Å². The Bertz CT molecular complexity index is 725. The number of non-ortho nitro benzene ring substituents is 1. The van der Waals surface area contributed by atoms with E-state index in [9.17, 15) is 10.1 Å². The van der Waals surface area contributed by atoms with Crippen molar-refractivity contribution in [3.8, 4) is 0 Å². The average molecular weight is 285 g/mol. The van der Waals surface area contributed by atoms with Crippen LogP contribution >= 0.6 is 0 Å². The zero-order valence-corrected chi connectivity index (χ0v) is 12.5. The van der Waals surface area contributed by atoms with Crippen LogP contribution in [0.3, 0.4) is 0 Å². The molecule has 1 aliphatic rings. The first-order chi connectivity index (χ1) is 9.88. The Labute approximate surface area is 123 Å². The van der Waals surface area contributed by atoms with Gasteiger partial charge in [0.25, 0.3) is 5.69 Å². The van der Waals surface area contributed by atoms with E-state index in [1.54, 1.807) is 18.3 Å². The lowest BCUT2D eigenvalue weighted by molar-refractivity contribution is -0.383. The molecular weight excluding hydrogens is 266 g/mol. The van der Waals surface area contributed by atoms with E-state index in [0.29, 0.717) is 16.7 Å². The first-order valence-electron chi connectivity index (χ1n) is 7.16. The number of pyridine rings is 1. The van der Waals surface area contributed by atoms with Crippen molar-refractivity contribution in [2.24, 2.45) is 11.3 Å². The van der Waals surface area contributed by atoms with Gasteiger partial charge in [-0.15, -0.1) is 0 Å². The van der Waals surface area contributed by atoms with Gasteiger partial charge in [0.05, 0.1) is 10.3 Å². The second-order valence-electron chi connectivity index (χ2n) is 6.53. The number of aromatic nitrogens is 1. The van der Waals surface area contributed by atoms with Gasteiger partial charge in [0.2, 0.25) is 0 Å². The fraction of sp³-hybridized carbons (Fsp3) is 0.438. The first-order valence-corrected chi connectivity index (χ1v) is 7.16. The van der Waals surface area contributed by atoms with Crippen LogP contribution in [0.15, 0.2) is 24.4 Å². The first kappa shape index (κ1) is 13.8. The molecule has 1 saturated carbocycles. The maximum Gasteiger partial charge on any atom is 0.278 e. The van der Waals surface area contributed by atoms with Crippen molar-refractivity contribution < 1.29 is 4.92 Å². The Hall–Kier alpha value is -2.17. The predicted octanol–water partition coefficient (Wildman–Crippen LogP) is 3.91. The molecule has 0 saturated heterocycles. The van der Waals surface area contributed by atoms with E-state index in [2.05, 4.69) is 24.1 Å². The highest BCUT2D eigenvalue weighted by Crippen LogP contribution is 2.51. The summed E-state index contributed by atoms with van der Waals surface area (Å²) in [6, 6.07) is 5.26. The number of anilines is 1. The molecule has 1 atom stereocenters. The second-order valence-corrected chi connectivity index (χ2v) is 6.53. The maximum absolute atomic E-state index is 11.1. The van der Waals surface area contributed by atoms with Crippen molar-refractivity contribution in [3.63, 3.8) is 0 Å². The van der Waals surface area contributed by atoms with Gasteiger partial charge in [-0.3, -0.25) is 15.1 Å². The lowest BCUT2D eigenvalue weighted by Crippen LogP contribution is -2.08. The van der Waals surface area contributed by atoms with Gasteiger partial charge in [-0.2, -0.15) is 0 Å². The Balaban J connectivity index is 1.97. The molecule has 0 amide bonds. The minimum atomic E-state index is -0.354. The minimum Gasteiger partial charge on any atom is -0.384 e. The van der Waals surface area contributed by atoms with Gasteiger partial charge in [-0.25, -0.2) is 0 Å². The number of rotatable bonds is 4. The number of benzene rings is 1. The van der Waals surface area contributed by atoms with Crippen molar-refractivity contribution in [1.82, 2.24) is 4.98 Å². The summed E-state index contributed by atoms with van der Waals surface area (Å²) < 4.78 is 0. The molecule has 2 aromatic rings. The van der Waals surface area contributed by atoms with Gasteiger partial charge < -0.3 is 5.32 Å². The summed E-state index contributed by atoms with van der Waals surface area (Å²) in [7, 11) is 0. The van der Waals surface area contributed by atoms with E-state index in [4.69, 9.17) is 0 Å². The van der Waals surface area contributed by atoms with Crippen molar-refractivity contribution in [2.75, 3.05) is 11.9 Å². The molecule has 1 aromatic carbocycles. The molecule has 21 heavy (non-hydrogen) atoms. The normalized spacial score (nSPS) is 19.5. The number of nitrogens with one attached hydrogen (secondary N) is 1. The quantitative estimate of drug-likeness (QED) is 0.683. The van der Waals surface area contributed by atoms with Crippen LogP contribution in [0.2, 0.25) is 0 Å². The SMILES string of the molecule is Cc1cc2c(NCC3CC3(C)C)ccc([N+](=O)[O-])c2cn1. The van der Waals surface area contributed by atoms with Crippen molar-refractivity contribution in [1.29, 1.82) is 0 Å². The third kappa shape index (κ3) is 2.55. The van der Waals surface area contributed by atoms with Crippen molar-refractivity contribution >= 4 is 22.1 Å². The lowest BCUT2D eigenvalue weighted by Gasteiger charge is -2.11. The fourth-order valence-electron chi connectivity index (χ4n) is 2.80. The van der Waals surface area contributed by atoms with Gasteiger partial charge >= 0.3 is 0 Å². The summed E-state index contributed by atoms with van der Waals surface area (Å²) in [5.74, 6) is 0.672. The van der Waals surface area contributed by atoms with Crippen LogP contribution < -0.4 is 5.32 Å². The molecule has 3 rings (SSSR count). The molecular formula is C16H19N3O2. The summed E-state index contributed by atoms with van der Waals surface area (Å²) in [5.41, 5.74) is 2.33. The Morgan fingerprint density at radius 2 is 2.14 bits per heavy atom. The molecule has 0 aliphatic heterocycles. The Kier molecular flexibility index (Phi) is 3.08. The van der Waals surface area contributed by atoms with E-state index in [0.717, 1.165) is 23.3 Å². The minimum absolute atomic E-state index is 0.106. The molecule has 0 spiro atoms. The van der Waals surface area contributed by atoms with Gasteiger partial charge in [-0.05, 0) is 36.8 Å². The van der Waals surface area contributed by atoms with Crippen molar-refractivity contribution in [2.45, 2.75) is 27.2 Å². The summed E-state index contributed by atoms with van der Waals surface area (Å²) in [6.45, 7) is 7.33. The standard InChI is InChI=1S/C16H19N3O2/c1-10-6-12-13(9-17-10)15(19(20)21)5-4-14(12)18-8-11-7-16(11,2)3/h4-6,9,11,18H,7-8H2,1-3H3. The molecule has 0 bridgehead atoms. The monoisotopic (exact) mass is 285 g/mol. The highest BCUT2D eigenvalue weighted by Gasteiger charge is 2.44. The van der Waals surface area contributed by atoms with Crippen LogP contribution in [0.25, 0.3) is 10.8 Å². The smallest absolute Gasteiger partial charge is 0.278 e. The molecule has 1 heterocycles. The number of hydrogen-bond acceptors (Lipinski definition) is 4. The zero-order valence-electron chi connectivity index (χ0n) is 12.5. The van der Waals surface area contributed by atoms with E-state index >= 15 is 0 Å². The number of aryl methyl sites for hydroxylation is 1. The molecule has 1 fully saturated rings. The number of hydrogen-bond donors (Lipinski definition) is 1. The van der Waals surface area contributed by atoms with Gasteiger partial charge in [0.1, 0.15) is 0 Å². The number of nitrogens with zero attached hydrogens (tertiary/aromatic N) is 2. The van der Waals surface area contributed by atoms with E-state index in [1.165, 1.54) is 6.42 Å². The Morgan fingerprint density at radius 1 is 1.43 bits per heavy atom. The summed E-state index contributed by atoms with van der Waals surface area (Å²) in [6.07, 6.45) is 2.82. The molecule has 110 valence electrons. The zero-order chi connectivity index (χ0) is 15.2. The molecule has 1 aliphatic carbocycles. The lowest BCUT2D eigenvalue weighted by atomic mass is 10.1. The summed E-state index contributed by atoms with van der Waals surface area (Å²) in [4.78, 5) is 15.0. The maximum atomic E-state index is 11.1. The van der Waals surface area contributed by atoms with E-state index in [1.807, 2.05) is 13.0 Å². The second kappa shape index (κ2) is 4.69. The molecule has 1 N–H and O–H groups in total.